The van der Waals surface area contributed by atoms with Gasteiger partial charge < -0.3 is 4.74 Å². The summed E-state index contributed by atoms with van der Waals surface area (Å²) in [5.74, 6) is 0.554. The molecule has 0 amide bonds. The smallest absolute Gasteiger partial charge is 0.264 e. The topological polar surface area (TPSA) is 81.5 Å². The maximum Gasteiger partial charge on any atom is 0.264 e. The number of benzene rings is 2. The van der Waals surface area contributed by atoms with Crippen molar-refractivity contribution in [3.05, 3.63) is 54.1 Å². The molecule has 0 atom stereocenters. The molecule has 0 spiro atoms. The van der Waals surface area contributed by atoms with Crippen LogP contribution in [-0.4, -0.2) is 60.2 Å². The molecule has 7 nitrogen and oxygen atoms in total. The lowest BCUT2D eigenvalue weighted by molar-refractivity contribution is 0.0730. The second kappa shape index (κ2) is 8.27. The van der Waals surface area contributed by atoms with Crippen LogP contribution in [0.2, 0.25) is 0 Å². The molecule has 1 aromatic heterocycles. The van der Waals surface area contributed by atoms with E-state index < -0.39 is 10.0 Å². The first kappa shape index (κ1) is 20.1. The fourth-order valence-corrected chi connectivity index (χ4v) is 5.40. The Balaban J connectivity index is 1.67. The molecule has 0 aliphatic carbocycles. The van der Waals surface area contributed by atoms with Gasteiger partial charge in [0.15, 0.2) is 5.16 Å². The Labute approximate surface area is 173 Å². The summed E-state index contributed by atoms with van der Waals surface area (Å²) in [5.41, 5.74) is 1.90. The van der Waals surface area contributed by atoms with Crippen LogP contribution in [0.1, 0.15) is 17.3 Å². The Morgan fingerprint density at radius 3 is 2.48 bits per heavy atom. The zero-order valence-electron chi connectivity index (χ0n) is 15.9. The molecule has 1 fully saturated rings. The summed E-state index contributed by atoms with van der Waals surface area (Å²) < 4.78 is 33.8. The third-order valence-corrected chi connectivity index (χ3v) is 7.45. The summed E-state index contributed by atoms with van der Waals surface area (Å²) in [6.07, 6.45) is 0. The summed E-state index contributed by atoms with van der Waals surface area (Å²) in [4.78, 5) is 17.9. The number of nitrogens with zero attached hydrogens (tertiary/aromatic N) is 3. The van der Waals surface area contributed by atoms with Gasteiger partial charge in [-0.25, -0.2) is 13.4 Å². The highest BCUT2D eigenvalue weighted by molar-refractivity contribution is 7.99. The number of morpholine rings is 1. The molecule has 2 aromatic carbocycles. The van der Waals surface area contributed by atoms with Gasteiger partial charge >= 0.3 is 0 Å². The monoisotopic (exact) mass is 431 g/mol. The predicted octanol–water partition coefficient (Wildman–Crippen LogP) is 2.86. The van der Waals surface area contributed by atoms with Crippen LogP contribution >= 0.6 is 11.8 Å². The lowest BCUT2D eigenvalue weighted by Crippen LogP contribution is -2.40. The van der Waals surface area contributed by atoms with Crippen molar-refractivity contribution in [2.24, 2.45) is 0 Å². The van der Waals surface area contributed by atoms with Crippen LogP contribution in [0.4, 0.5) is 0 Å². The zero-order valence-corrected chi connectivity index (χ0v) is 17.6. The second-order valence-electron chi connectivity index (χ2n) is 6.50. The molecular weight excluding hydrogens is 410 g/mol. The van der Waals surface area contributed by atoms with E-state index in [4.69, 9.17) is 4.74 Å². The average Bonchev–Trinajstić information content (AvgIpc) is 3.12. The fourth-order valence-electron chi connectivity index (χ4n) is 3.26. The van der Waals surface area contributed by atoms with Gasteiger partial charge in [-0.2, -0.15) is 4.31 Å². The number of carbonyl (C=O) groups excluding carboxylic acids is 1. The van der Waals surface area contributed by atoms with Gasteiger partial charge in [0.1, 0.15) is 0 Å². The second-order valence-corrected chi connectivity index (χ2v) is 9.67. The molecule has 4 rings (SSSR count). The summed E-state index contributed by atoms with van der Waals surface area (Å²) in [5, 5.41) is 0.628. The number of rotatable bonds is 5. The largest absolute Gasteiger partial charge is 0.379 e. The van der Waals surface area contributed by atoms with E-state index in [0.717, 1.165) is 16.8 Å². The van der Waals surface area contributed by atoms with E-state index in [2.05, 4.69) is 4.98 Å². The van der Waals surface area contributed by atoms with Crippen molar-refractivity contribution in [3.8, 4) is 0 Å². The van der Waals surface area contributed by atoms with Crippen LogP contribution in [0.3, 0.4) is 0 Å². The zero-order chi connectivity index (χ0) is 20.4. The lowest BCUT2D eigenvalue weighted by atomic mass is 10.2. The molecule has 9 heteroatoms. The van der Waals surface area contributed by atoms with Crippen molar-refractivity contribution in [1.29, 1.82) is 0 Å². The van der Waals surface area contributed by atoms with Crippen LogP contribution in [0.25, 0.3) is 11.0 Å². The van der Waals surface area contributed by atoms with Crippen LogP contribution in [-0.2, 0) is 14.8 Å². The molecule has 152 valence electrons. The van der Waals surface area contributed by atoms with Gasteiger partial charge in [-0.1, -0.05) is 30.8 Å². The molecule has 0 unspecified atom stereocenters. The molecule has 0 bridgehead atoms. The Kier molecular flexibility index (Phi) is 5.73. The number of hydrogen-bond donors (Lipinski definition) is 0. The first-order chi connectivity index (χ1) is 14.0. The van der Waals surface area contributed by atoms with Gasteiger partial charge in [0.05, 0.1) is 29.1 Å². The highest BCUT2D eigenvalue weighted by atomic mass is 32.2. The molecular formula is C20H21N3O4S2. The molecule has 1 aliphatic heterocycles. The normalized spacial score (nSPS) is 15.6. The number of thioether (sulfide) groups is 1. The number of sulfonamides is 1. The van der Waals surface area contributed by atoms with Crippen molar-refractivity contribution in [2.45, 2.75) is 17.0 Å². The van der Waals surface area contributed by atoms with E-state index >= 15 is 0 Å². The number of carbonyl (C=O) groups is 1. The standard InChI is InChI=1S/C20H21N3O4S2/c1-2-28-20-21-17-5-3-4-6-18(17)23(20)19(24)15-7-9-16(10-8-15)29(25,26)22-11-13-27-14-12-22/h3-10H,2,11-14H2,1H3. The van der Waals surface area contributed by atoms with Gasteiger partial charge in [-0.05, 0) is 42.2 Å². The quantitative estimate of drug-likeness (QED) is 0.578. The van der Waals surface area contributed by atoms with Crippen LogP contribution in [0.5, 0.6) is 0 Å². The van der Waals surface area contributed by atoms with E-state index in [0.29, 0.717) is 37.0 Å². The van der Waals surface area contributed by atoms with E-state index in [9.17, 15) is 13.2 Å². The number of para-hydroxylation sites is 2. The van der Waals surface area contributed by atoms with Crippen LogP contribution < -0.4 is 0 Å². The number of imidazole rings is 1. The third kappa shape index (κ3) is 3.83. The molecule has 29 heavy (non-hydrogen) atoms. The molecule has 1 saturated heterocycles. The van der Waals surface area contributed by atoms with Crippen molar-refractivity contribution < 1.29 is 17.9 Å². The van der Waals surface area contributed by atoms with Gasteiger partial charge in [-0.3, -0.25) is 9.36 Å². The average molecular weight is 432 g/mol. The maximum absolute atomic E-state index is 13.2. The Hall–Kier alpha value is -2.20. The van der Waals surface area contributed by atoms with Gasteiger partial charge in [0, 0.05) is 18.7 Å². The molecule has 0 N–H and O–H groups in total. The van der Waals surface area contributed by atoms with Crippen molar-refractivity contribution >= 4 is 38.7 Å². The fraction of sp³-hybridized carbons (Fsp3) is 0.300. The van der Waals surface area contributed by atoms with Crippen molar-refractivity contribution in [3.63, 3.8) is 0 Å². The van der Waals surface area contributed by atoms with E-state index in [1.165, 1.54) is 28.2 Å². The van der Waals surface area contributed by atoms with Gasteiger partial charge in [0.25, 0.3) is 5.91 Å². The van der Waals surface area contributed by atoms with Gasteiger partial charge in [-0.15, -0.1) is 0 Å². The summed E-state index contributed by atoms with van der Waals surface area (Å²) in [6.45, 7) is 3.45. The van der Waals surface area contributed by atoms with Crippen molar-refractivity contribution in [2.75, 3.05) is 32.1 Å². The Morgan fingerprint density at radius 1 is 1.10 bits per heavy atom. The Bertz CT molecular complexity index is 1130. The molecule has 0 radical (unpaired) electrons. The van der Waals surface area contributed by atoms with Gasteiger partial charge in [0.2, 0.25) is 10.0 Å². The minimum atomic E-state index is -3.59. The van der Waals surface area contributed by atoms with Crippen LogP contribution in [0.15, 0.2) is 58.6 Å². The SMILES string of the molecule is CCSc1nc2ccccc2n1C(=O)c1ccc(S(=O)(=O)N2CCOCC2)cc1. The lowest BCUT2D eigenvalue weighted by Gasteiger charge is -2.26. The van der Waals surface area contributed by atoms with Crippen molar-refractivity contribution in [1.82, 2.24) is 13.9 Å². The Morgan fingerprint density at radius 2 is 1.79 bits per heavy atom. The summed E-state index contributed by atoms with van der Waals surface area (Å²) in [7, 11) is -3.59. The highest BCUT2D eigenvalue weighted by Crippen LogP contribution is 2.26. The number of fused-ring (bicyclic) bond motifs is 1. The molecule has 3 aromatic rings. The summed E-state index contributed by atoms with van der Waals surface area (Å²) >= 11 is 1.49. The minimum absolute atomic E-state index is 0.176. The number of ether oxygens (including phenoxy) is 1. The summed E-state index contributed by atoms with van der Waals surface area (Å²) in [6, 6.07) is 13.6. The molecule has 1 aliphatic rings. The van der Waals surface area contributed by atoms with E-state index in [-0.39, 0.29) is 10.8 Å². The number of hydrogen-bond acceptors (Lipinski definition) is 6. The molecule has 2 heterocycles. The van der Waals surface area contributed by atoms with E-state index in [1.54, 1.807) is 16.7 Å². The number of aromatic nitrogens is 2. The minimum Gasteiger partial charge on any atom is -0.379 e. The first-order valence-electron chi connectivity index (χ1n) is 9.35. The predicted molar refractivity (Wildman–Crippen MR) is 112 cm³/mol. The highest BCUT2D eigenvalue weighted by Gasteiger charge is 2.26. The maximum atomic E-state index is 13.2. The van der Waals surface area contributed by atoms with E-state index in [1.807, 2.05) is 31.2 Å². The van der Waals surface area contributed by atoms with Crippen LogP contribution in [0, 0.1) is 0 Å². The third-order valence-electron chi connectivity index (χ3n) is 4.72. The first-order valence-corrected chi connectivity index (χ1v) is 11.8. The molecule has 0 saturated carbocycles.